The number of hydrogen-bond donors (Lipinski definition) is 3. The number of amides is 1. The molecule has 132 valence electrons. The lowest BCUT2D eigenvalue weighted by Crippen LogP contribution is -2.54. The van der Waals surface area contributed by atoms with E-state index in [1.54, 1.807) is 30.3 Å². The van der Waals surface area contributed by atoms with Crippen molar-refractivity contribution in [2.45, 2.75) is 5.54 Å². The number of methoxy groups -OCH3 is 2. The summed E-state index contributed by atoms with van der Waals surface area (Å²) >= 11 is 0. The summed E-state index contributed by atoms with van der Waals surface area (Å²) in [5, 5.41) is 22.0. The maximum atomic E-state index is 12.4. The van der Waals surface area contributed by atoms with Gasteiger partial charge in [-0.1, -0.05) is 24.3 Å². The van der Waals surface area contributed by atoms with Crippen LogP contribution in [0.4, 0.5) is 0 Å². The minimum absolute atomic E-state index is 0.157. The van der Waals surface area contributed by atoms with E-state index >= 15 is 0 Å². The highest BCUT2D eigenvalue weighted by Crippen LogP contribution is 2.32. The fourth-order valence-electron chi connectivity index (χ4n) is 2.40. The van der Waals surface area contributed by atoms with E-state index in [-0.39, 0.29) is 16.9 Å². The molecule has 0 bridgehead atoms. The molecule has 3 N–H and O–H groups in total. The Balaban J connectivity index is 2.48. The summed E-state index contributed by atoms with van der Waals surface area (Å²) in [6.45, 7) is -0.837. The van der Waals surface area contributed by atoms with Gasteiger partial charge in [-0.3, -0.25) is 4.79 Å². The van der Waals surface area contributed by atoms with Crippen LogP contribution in [-0.2, 0) is 10.3 Å². The topological polar surface area (TPSA) is 105 Å². The van der Waals surface area contributed by atoms with Gasteiger partial charge in [-0.25, -0.2) is 4.79 Å². The van der Waals surface area contributed by atoms with Crippen molar-refractivity contribution >= 4 is 11.9 Å². The van der Waals surface area contributed by atoms with Crippen LogP contribution in [0, 0.1) is 0 Å². The molecule has 1 amide bonds. The van der Waals surface area contributed by atoms with Crippen LogP contribution in [0.2, 0.25) is 0 Å². The number of benzene rings is 2. The number of hydrogen-bond acceptors (Lipinski definition) is 5. The predicted molar refractivity (Wildman–Crippen MR) is 89.9 cm³/mol. The van der Waals surface area contributed by atoms with Crippen LogP contribution in [0.5, 0.6) is 11.5 Å². The normalized spacial score (nSPS) is 12.8. The van der Waals surface area contributed by atoms with Crippen LogP contribution in [0.15, 0.2) is 48.5 Å². The second kappa shape index (κ2) is 7.67. The molecule has 0 saturated heterocycles. The number of aliphatic hydroxyl groups is 1. The molecule has 1 atom stereocenters. The molecule has 25 heavy (non-hydrogen) atoms. The molecule has 7 heteroatoms. The standard InChI is InChI=1S/C18H19NO6/c1-24-14-9-8-13(10-15(14)25-2)18(11-20,17(22)23)19-16(21)12-6-4-3-5-7-12/h3-10,20H,11H2,1-2H3,(H,19,21)(H,22,23)/t18-/m1/s1. The van der Waals surface area contributed by atoms with E-state index in [0.29, 0.717) is 5.75 Å². The third kappa shape index (κ3) is 3.56. The van der Waals surface area contributed by atoms with Crippen molar-refractivity contribution in [2.75, 3.05) is 20.8 Å². The Hall–Kier alpha value is -3.06. The van der Waals surface area contributed by atoms with Gasteiger partial charge in [0.2, 0.25) is 0 Å². The van der Waals surface area contributed by atoms with Gasteiger partial charge >= 0.3 is 5.97 Å². The number of ether oxygens (including phenoxy) is 2. The molecule has 0 radical (unpaired) electrons. The van der Waals surface area contributed by atoms with Gasteiger partial charge in [-0.2, -0.15) is 0 Å². The molecule has 0 unspecified atom stereocenters. The van der Waals surface area contributed by atoms with Gasteiger partial charge in [0.25, 0.3) is 5.91 Å². The zero-order chi connectivity index (χ0) is 18.4. The number of nitrogens with one attached hydrogen (secondary N) is 1. The van der Waals surface area contributed by atoms with Crippen LogP contribution in [0.1, 0.15) is 15.9 Å². The van der Waals surface area contributed by atoms with Crippen molar-refractivity contribution in [2.24, 2.45) is 0 Å². The number of carbonyl (C=O) groups is 2. The molecule has 0 aliphatic rings. The van der Waals surface area contributed by atoms with Crippen molar-refractivity contribution in [1.29, 1.82) is 0 Å². The minimum Gasteiger partial charge on any atom is -0.493 e. The van der Waals surface area contributed by atoms with E-state index in [9.17, 15) is 19.8 Å². The highest BCUT2D eigenvalue weighted by Gasteiger charge is 2.42. The summed E-state index contributed by atoms with van der Waals surface area (Å²) in [6.07, 6.45) is 0. The Bertz CT molecular complexity index is 761. The second-order valence-electron chi connectivity index (χ2n) is 5.26. The van der Waals surface area contributed by atoms with Crippen molar-refractivity contribution < 1.29 is 29.3 Å². The number of aliphatic hydroxyl groups excluding tert-OH is 1. The number of carbonyl (C=O) groups excluding carboxylic acids is 1. The summed E-state index contributed by atoms with van der Waals surface area (Å²) in [4.78, 5) is 24.4. The minimum atomic E-state index is -2.02. The summed E-state index contributed by atoms with van der Waals surface area (Å²) < 4.78 is 10.3. The Kier molecular flexibility index (Phi) is 5.61. The lowest BCUT2D eigenvalue weighted by Gasteiger charge is -2.29. The lowest BCUT2D eigenvalue weighted by molar-refractivity contribution is -0.146. The molecule has 2 rings (SSSR count). The molecular weight excluding hydrogens is 326 g/mol. The third-order valence-electron chi connectivity index (χ3n) is 3.84. The molecule has 2 aromatic carbocycles. The summed E-state index contributed by atoms with van der Waals surface area (Å²) in [5.41, 5.74) is -1.58. The van der Waals surface area contributed by atoms with Crippen molar-refractivity contribution in [3.63, 3.8) is 0 Å². The van der Waals surface area contributed by atoms with E-state index in [2.05, 4.69) is 5.32 Å². The molecule has 7 nitrogen and oxygen atoms in total. The van der Waals surface area contributed by atoms with Crippen LogP contribution in [0.25, 0.3) is 0 Å². The highest BCUT2D eigenvalue weighted by molar-refractivity contribution is 5.98. The monoisotopic (exact) mass is 345 g/mol. The van der Waals surface area contributed by atoms with Crippen LogP contribution in [0.3, 0.4) is 0 Å². The summed E-state index contributed by atoms with van der Waals surface area (Å²) in [5.74, 6) is -1.33. The average Bonchev–Trinajstić information content (AvgIpc) is 2.65. The maximum absolute atomic E-state index is 12.4. The van der Waals surface area contributed by atoms with Crippen LogP contribution >= 0.6 is 0 Å². The molecule has 0 heterocycles. The fourth-order valence-corrected chi connectivity index (χ4v) is 2.40. The van der Waals surface area contributed by atoms with Gasteiger partial charge < -0.3 is 25.0 Å². The zero-order valence-electron chi connectivity index (χ0n) is 13.9. The zero-order valence-corrected chi connectivity index (χ0v) is 13.9. The summed E-state index contributed by atoms with van der Waals surface area (Å²) in [6, 6.07) is 12.5. The first-order valence-corrected chi connectivity index (χ1v) is 7.43. The summed E-state index contributed by atoms with van der Waals surface area (Å²) in [7, 11) is 2.86. The van der Waals surface area contributed by atoms with Crippen LogP contribution in [-0.4, -0.2) is 42.9 Å². The van der Waals surface area contributed by atoms with Crippen molar-refractivity contribution in [1.82, 2.24) is 5.32 Å². The van der Waals surface area contributed by atoms with Crippen molar-refractivity contribution in [3.8, 4) is 11.5 Å². The van der Waals surface area contributed by atoms with Gasteiger partial charge in [-0.05, 0) is 29.8 Å². The van der Waals surface area contributed by atoms with E-state index in [4.69, 9.17) is 9.47 Å². The molecule has 2 aromatic rings. The first-order valence-electron chi connectivity index (χ1n) is 7.43. The van der Waals surface area contributed by atoms with Gasteiger partial charge in [0.15, 0.2) is 17.0 Å². The lowest BCUT2D eigenvalue weighted by atomic mass is 9.89. The average molecular weight is 345 g/mol. The van der Waals surface area contributed by atoms with E-state index in [1.165, 1.54) is 32.4 Å². The highest BCUT2D eigenvalue weighted by atomic mass is 16.5. The third-order valence-corrected chi connectivity index (χ3v) is 3.84. The molecule has 0 aliphatic carbocycles. The number of carboxylic acid groups (broad SMARTS) is 1. The second-order valence-corrected chi connectivity index (χ2v) is 5.26. The van der Waals surface area contributed by atoms with E-state index in [0.717, 1.165) is 0 Å². The molecule has 0 spiro atoms. The molecule has 0 saturated carbocycles. The van der Waals surface area contributed by atoms with Gasteiger partial charge in [0, 0.05) is 5.56 Å². The molecular formula is C18H19NO6. The first-order chi connectivity index (χ1) is 12.0. The Morgan fingerprint density at radius 2 is 1.68 bits per heavy atom. The quantitative estimate of drug-likeness (QED) is 0.701. The predicted octanol–water partition coefficient (Wildman–Crippen LogP) is 1.41. The Labute approximate surface area is 144 Å². The Morgan fingerprint density at radius 3 is 2.20 bits per heavy atom. The van der Waals surface area contributed by atoms with E-state index in [1.807, 2.05) is 0 Å². The van der Waals surface area contributed by atoms with E-state index < -0.39 is 24.0 Å². The number of aliphatic carboxylic acids is 1. The smallest absolute Gasteiger partial charge is 0.336 e. The molecule has 0 aromatic heterocycles. The first kappa shape index (κ1) is 18.3. The van der Waals surface area contributed by atoms with Gasteiger partial charge in [0.1, 0.15) is 0 Å². The van der Waals surface area contributed by atoms with Crippen LogP contribution < -0.4 is 14.8 Å². The van der Waals surface area contributed by atoms with Gasteiger partial charge in [0.05, 0.1) is 20.8 Å². The largest absolute Gasteiger partial charge is 0.493 e. The fraction of sp³-hybridized carbons (Fsp3) is 0.222. The number of rotatable bonds is 7. The molecule has 0 aliphatic heterocycles. The maximum Gasteiger partial charge on any atom is 0.336 e. The number of carboxylic acids is 1. The van der Waals surface area contributed by atoms with Gasteiger partial charge in [-0.15, -0.1) is 0 Å². The SMILES string of the molecule is COc1ccc([C@@](CO)(NC(=O)c2ccccc2)C(=O)O)cc1OC. The van der Waals surface area contributed by atoms with Crippen molar-refractivity contribution in [3.05, 3.63) is 59.7 Å². The molecule has 0 fully saturated rings. The Morgan fingerprint density at radius 1 is 1.04 bits per heavy atom.